The van der Waals surface area contributed by atoms with Crippen LogP contribution in [-0.4, -0.2) is 20.7 Å². The fourth-order valence-electron chi connectivity index (χ4n) is 1.79. The molecule has 2 rings (SSSR count). The Kier molecular flexibility index (Phi) is 4.20. The lowest BCUT2D eigenvalue weighted by molar-refractivity contribution is 0.102. The molecule has 5 nitrogen and oxygen atoms in total. The van der Waals surface area contributed by atoms with Crippen molar-refractivity contribution in [2.45, 2.75) is 6.92 Å². The molecular weight excluding hydrogens is 340 g/mol. The minimum Gasteiger partial charge on any atom is -0.389 e. The molecule has 3 N–H and O–H groups in total. The second-order valence-electron chi connectivity index (χ2n) is 4.26. The number of carbonyl (C=O) groups excluding carboxylic acids is 1. The van der Waals surface area contributed by atoms with Crippen LogP contribution in [0.3, 0.4) is 0 Å². The highest BCUT2D eigenvalue weighted by molar-refractivity contribution is 9.10. The molecule has 0 aliphatic heterocycles. The fraction of sp³-hybridized carbons (Fsp3) is 0.154. The molecule has 0 aliphatic rings. The van der Waals surface area contributed by atoms with Crippen LogP contribution in [0.1, 0.15) is 21.5 Å². The van der Waals surface area contributed by atoms with E-state index in [1.807, 2.05) is 19.1 Å². The average Bonchev–Trinajstić information content (AvgIpc) is 2.74. The highest BCUT2D eigenvalue weighted by Gasteiger charge is 2.16. The van der Waals surface area contributed by atoms with Crippen LogP contribution in [0.4, 0.5) is 5.82 Å². The van der Waals surface area contributed by atoms with E-state index in [0.717, 1.165) is 10.0 Å². The van der Waals surface area contributed by atoms with Crippen molar-refractivity contribution in [3.05, 3.63) is 45.6 Å². The molecule has 1 amide bonds. The van der Waals surface area contributed by atoms with Gasteiger partial charge in [0.25, 0.3) is 5.91 Å². The Morgan fingerprint density at radius 1 is 1.45 bits per heavy atom. The number of anilines is 1. The molecule has 0 saturated carbocycles. The number of aryl methyl sites for hydroxylation is 1. The Bertz CT molecular complexity index is 696. The smallest absolute Gasteiger partial charge is 0.257 e. The average molecular weight is 353 g/mol. The van der Waals surface area contributed by atoms with Crippen molar-refractivity contribution in [3.63, 3.8) is 0 Å². The number of aromatic nitrogens is 2. The lowest BCUT2D eigenvalue weighted by Crippen LogP contribution is -2.19. The van der Waals surface area contributed by atoms with Gasteiger partial charge in [0.05, 0.1) is 11.8 Å². The highest BCUT2D eigenvalue weighted by Crippen LogP contribution is 2.21. The van der Waals surface area contributed by atoms with E-state index < -0.39 is 0 Å². The molecule has 20 heavy (non-hydrogen) atoms. The van der Waals surface area contributed by atoms with Gasteiger partial charge in [-0.05, 0) is 24.6 Å². The predicted octanol–water partition coefficient (Wildman–Crippen LogP) is 2.38. The van der Waals surface area contributed by atoms with E-state index in [1.165, 1.54) is 10.9 Å². The van der Waals surface area contributed by atoms with Crippen LogP contribution in [0.2, 0.25) is 0 Å². The van der Waals surface area contributed by atoms with Crippen molar-refractivity contribution >= 4 is 44.9 Å². The summed E-state index contributed by atoms with van der Waals surface area (Å²) >= 11 is 8.35. The molecule has 1 aromatic heterocycles. The third-order valence-corrected chi connectivity index (χ3v) is 4.03. The van der Waals surface area contributed by atoms with E-state index in [1.54, 1.807) is 13.1 Å². The Hall–Kier alpha value is -1.73. The van der Waals surface area contributed by atoms with Gasteiger partial charge < -0.3 is 11.1 Å². The van der Waals surface area contributed by atoms with E-state index in [4.69, 9.17) is 18.0 Å². The van der Waals surface area contributed by atoms with E-state index >= 15 is 0 Å². The van der Waals surface area contributed by atoms with Crippen LogP contribution in [0.25, 0.3) is 0 Å². The molecule has 0 atom stereocenters. The van der Waals surface area contributed by atoms with Gasteiger partial charge in [-0.25, -0.2) is 0 Å². The maximum absolute atomic E-state index is 12.4. The van der Waals surface area contributed by atoms with Crippen molar-refractivity contribution in [1.29, 1.82) is 0 Å². The van der Waals surface area contributed by atoms with Gasteiger partial charge in [0.1, 0.15) is 10.8 Å². The summed E-state index contributed by atoms with van der Waals surface area (Å²) in [6.45, 7) is 1.87. The van der Waals surface area contributed by atoms with Gasteiger partial charge in [-0.15, -0.1) is 0 Å². The molecule has 0 unspecified atom stereocenters. The number of hydrogen-bond acceptors (Lipinski definition) is 3. The summed E-state index contributed by atoms with van der Waals surface area (Å²) in [5.41, 5.74) is 7.60. The Balaban J connectivity index is 2.35. The molecule has 2 aromatic rings. The molecule has 1 heterocycles. The zero-order chi connectivity index (χ0) is 14.9. The molecule has 1 aromatic carbocycles. The predicted molar refractivity (Wildman–Crippen MR) is 85.9 cm³/mol. The summed E-state index contributed by atoms with van der Waals surface area (Å²) in [7, 11) is 1.71. The number of hydrogen-bond donors (Lipinski definition) is 2. The SMILES string of the molecule is Cc1c(Br)cccc1C(=O)Nc1c(C(N)=S)cnn1C. The number of thiocarbonyl (C=S) groups is 1. The number of nitrogens with two attached hydrogens (primary N) is 1. The second-order valence-corrected chi connectivity index (χ2v) is 5.56. The van der Waals surface area contributed by atoms with Crippen LogP contribution in [0.15, 0.2) is 28.9 Å². The Morgan fingerprint density at radius 3 is 2.80 bits per heavy atom. The Morgan fingerprint density at radius 2 is 2.15 bits per heavy atom. The van der Waals surface area contributed by atoms with E-state index in [2.05, 4.69) is 26.3 Å². The lowest BCUT2D eigenvalue weighted by atomic mass is 10.1. The van der Waals surface area contributed by atoms with Crippen LogP contribution < -0.4 is 11.1 Å². The first kappa shape index (κ1) is 14.7. The molecule has 0 bridgehead atoms. The largest absolute Gasteiger partial charge is 0.389 e. The van der Waals surface area contributed by atoms with Crippen molar-refractivity contribution in [2.24, 2.45) is 12.8 Å². The van der Waals surface area contributed by atoms with Gasteiger partial charge in [-0.1, -0.05) is 34.2 Å². The third-order valence-electron chi connectivity index (χ3n) is 2.95. The van der Waals surface area contributed by atoms with Crippen LogP contribution >= 0.6 is 28.1 Å². The van der Waals surface area contributed by atoms with Gasteiger partial charge in [0, 0.05) is 17.1 Å². The summed E-state index contributed by atoms with van der Waals surface area (Å²) in [5, 5.41) is 6.85. The van der Waals surface area contributed by atoms with Crippen LogP contribution in [-0.2, 0) is 7.05 Å². The monoisotopic (exact) mass is 352 g/mol. The summed E-state index contributed by atoms with van der Waals surface area (Å²) < 4.78 is 2.41. The number of carbonyl (C=O) groups is 1. The second kappa shape index (κ2) is 5.72. The van der Waals surface area contributed by atoms with E-state index in [-0.39, 0.29) is 10.9 Å². The number of halogens is 1. The van der Waals surface area contributed by atoms with Gasteiger partial charge in [-0.3, -0.25) is 9.48 Å². The standard InChI is InChI=1S/C13H13BrN4OS/c1-7-8(4-3-5-10(7)14)13(19)17-12-9(11(15)20)6-16-18(12)2/h3-6H,1-2H3,(H2,15,20)(H,17,19). The first-order chi connectivity index (χ1) is 9.41. The minimum absolute atomic E-state index is 0.194. The summed E-state index contributed by atoms with van der Waals surface area (Å²) in [6.07, 6.45) is 1.53. The number of rotatable bonds is 3. The number of amides is 1. The topological polar surface area (TPSA) is 72.9 Å². The molecule has 7 heteroatoms. The molecule has 0 fully saturated rings. The third kappa shape index (κ3) is 2.73. The normalized spacial score (nSPS) is 10.3. The minimum atomic E-state index is -0.232. The highest BCUT2D eigenvalue weighted by atomic mass is 79.9. The fourth-order valence-corrected chi connectivity index (χ4v) is 2.31. The zero-order valence-corrected chi connectivity index (χ0v) is 13.4. The van der Waals surface area contributed by atoms with Gasteiger partial charge in [0.15, 0.2) is 0 Å². The molecule has 0 aliphatic carbocycles. The van der Waals surface area contributed by atoms with Crippen molar-refractivity contribution in [2.75, 3.05) is 5.32 Å². The first-order valence-corrected chi connectivity index (χ1v) is 7.00. The van der Waals surface area contributed by atoms with Crippen molar-refractivity contribution in [1.82, 2.24) is 9.78 Å². The zero-order valence-electron chi connectivity index (χ0n) is 11.0. The van der Waals surface area contributed by atoms with Gasteiger partial charge >= 0.3 is 0 Å². The molecule has 104 valence electrons. The molecule has 0 spiro atoms. The summed E-state index contributed by atoms with van der Waals surface area (Å²) in [5.74, 6) is 0.256. The summed E-state index contributed by atoms with van der Waals surface area (Å²) in [4.78, 5) is 12.5. The van der Waals surface area contributed by atoms with Gasteiger partial charge in [0.2, 0.25) is 0 Å². The van der Waals surface area contributed by atoms with Crippen LogP contribution in [0, 0.1) is 6.92 Å². The number of nitrogens with one attached hydrogen (secondary N) is 1. The quantitative estimate of drug-likeness (QED) is 0.831. The Labute approximate surface area is 130 Å². The molecular formula is C13H13BrN4OS. The van der Waals surface area contributed by atoms with E-state index in [0.29, 0.717) is 16.9 Å². The maximum atomic E-state index is 12.4. The van der Waals surface area contributed by atoms with Crippen molar-refractivity contribution in [3.8, 4) is 0 Å². The van der Waals surface area contributed by atoms with E-state index in [9.17, 15) is 4.79 Å². The molecule has 0 radical (unpaired) electrons. The first-order valence-electron chi connectivity index (χ1n) is 5.80. The van der Waals surface area contributed by atoms with Gasteiger partial charge in [-0.2, -0.15) is 5.10 Å². The van der Waals surface area contributed by atoms with Crippen LogP contribution in [0.5, 0.6) is 0 Å². The van der Waals surface area contributed by atoms with Crippen molar-refractivity contribution < 1.29 is 4.79 Å². The summed E-state index contributed by atoms with van der Waals surface area (Å²) in [6, 6.07) is 5.45. The number of nitrogens with zero attached hydrogens (tertiary/aromatic N) is 2. The molecule has 0 saturated heterocycles. The lowest BCUT2D eigenvalue weighted by Gasteiger charge is -2.10. The number of benzene rings is 1. The maximum Gasteiger partial charge on any atom is 0.257 e.